The van der Waals surface area contributed by atoms with Gasteiger partial charge in [-0.2, -0.15) is 5.26 Å². The quantitative estimate of drug-likeness (QED) is 0.435. The lowest BCUT2D eigenvalue weighted by Crippen LogP contribution is -2.13. The second kappa shape index (κ2) is 7.93. The van der Waals surface area contributed by atoms with Gasteiger partial charge in [0.15, 0.2) is 0 Å². The van der Waals surface area contributed by atoms with Crippen molar-refractivity contribution in [2.45, 2.75) is 19.8 Å². The Morgan fingerprint density at radius 2 is 1.74 bits per heavy atom. The summed E-state index contributed by atoms with van der Waals surface area (Å²) in [6, 6.07) is 17.3. The fourth-order valence-electron chi connectivity index (χ4n) is 2.02. The normalized spacial score (nSPS) is 11.2. The van der Waals surface area contributed by atoms with E-state index in [-0.39, 0.29) is 5.57 Å². The third-order valence-corrected chi connectivity index (χ3v) is 4.10. The third kappa shape index (κ3) is 4.93. The van der Waals surface area contributed by atoms with Gasteiger partial charge in [-0.25, -0.2) is 0 Å². The highest BCUT2D eigenvalue weighted by molar-refractivity contribution is 14.1. The molecule has 0 aliphatic carbocycles. The van der Waals surface area contributed by atoms with Crippen molar-refractivity contribution < 1.29 is 4.79 Å². The van der Waals surface area contributed by atoms with Gasteiger partial charge in [-0.3, -0.25) is 4.79 Å². The number of halogens is 1. The highest BCUT2D eigenvalue weighted by Crippen LogP contribution is 2.17. The topological polar surface area (TPSA) is 52.9 Å². The van der Waals surface area contributed by atoms with Gasteiger partial charge >= 0.3 is 0 Å². The molecule has 0 fully saturated rings. The molecule has 0 unspecified atom stereocenters. The first-order valence-electron chi connectivity index (χ1n) is 7.28. The molecule has 2 aromatic carbocycles. The van der Waals surface area contributed by atoms with Crippen LogP contribution < -0.4 is 5.32 Å². The lowest BCUT2D eigenvalue weighted by Gasteiger charge is -2.06. The van der Waals surface area contributed by atoms with Crippen LogP contribution in [0.2, 0.25) is 0 Å². The van der Waals surface area contributed by atoms with E-state index in [1.165, 1.54) is 5.56 Å². The first-order valence-corrected chi connectivity index (χ1v) is 8.36. The maximum absolute atomic E-state index is 12.2. The van der Waals surface area contributed by atoms with Gasteiger partial charge in [0, 0.05) is 9.26 Å². The van der Waals surface area contributed by atoms with E-state index in [1.54, 1.807) is 6.08 Å². The summed E-state index contributed by atoms with van der Waals surface area (Å²) in [7, 11) is 0. The Labute approximate surface area is 150 Å². The first-order chi connectivity index (χ1) is 11.0. The molecule has 0 radical (unpaired) electrons. The lowest BCUT2D eigenvalue weighted by molar-refractivity contribution is -0.112. The van der Waals surface area contributed by atoms with Gasteiger partial charge in [0.05, 0.1) is 0 Å². The van der Waals surface area contributed by atoms with E-state index < -0.39 is 5.91 Å². The molecule has 0 spiro atoms. The Bertz CT molecular complexity index is 753. The van der Waals surface area contributed by atoms with Gasteiger partial charge in [0.2, 0.25) is 0 Å². The van der Waals surface area contributed by atoms with Crippen molar-refractivity contribution in [3.05, 3.63) is 68.8 Å². The standard InChI is InChI=1S/C19H17IN2O/c1-13(2)15-5-3-14(4-6-15)11-16(12-21)19(23)22-18-9-7-17(20)8-10-18/h3-11,13H,1-2H3,(H,22,23). The van der Waals surface area contributed by atoms with E-state index >= 15 is 0 Å². The summed E-state index contributed by atoms with van der Waals surface area (Å²) in [6.45, 7) is 4.25. The molecule has 2 aromatic rings. The Hall–Kier alpha value is -2.13. The van der Waals surface area contributed by atoms with Crippen molar-refractivity contribution in [3.63, 3.8) is 0 Å². The summed E-state index contributed by atoms with van der Waals surface area (Å²) in [5, 5.41) is 12.0. The number of nitrogens with one attached hydrogen (secondary N) is 1. The number of nitrogens with zero attached hydrogens (tertiary/aromatic N) is 1. The average molecular weight is 416 g/mol. The fourth-order valence-corrected chi connectivity index (χ4v) is 2.38. The number of hydrogen-bond donors (Lipinski definition) is 1. The Balaban J connectivity index is 2.16. The number of amides is 1. The predicted molar refractivity (Wildman–Crippen MR) is 102 cm³/mol. The van der Waals surface area contributed by atoms with Crippen molar-refractivity contribution in [3.8, 4) is 6.07 Å². The molecule has 1 N–H and O–H groups in total. The van der Waals surface area contributed by atoms with Gasteiger partial charge < -0.3 is 5.32 Å². The summed E-state index contributed by atoms with van der Waals surface area (Å²) in [5.74, 6) is 0.0503. The van der Waals surface area contributed by atoms with Crippen LogP contribution in [0, 0.1) is 14.9 Å². The number of rotatable bonds is 4. The molecular weight excluding hydrogens is 399 g/mol. The smallest absolute Gasteiger partial charge is 0.266 e. The number of carbonyl (C=O) groups excluding carboxylic acids is 1. The second-order valence-electron chi connectivity index (χ2n) is 5.45. The predicted octanol–water partition coefficient (Wildman–Crippen LogP) is 4.96. The van der Waals surface area contributed by atoms with Gasteiger partial charge in [-0.1, -0.05) is 38.1 Å². The maximum atomic E-state index is 12.2. The van der Waals surface area contributed by atoms with Crippen LogP contribution in [-0.2, 0) is 4.79 Å². The SMILES string of the molecule is CC(C)c1ccc(C=C(C#N)C(=O)Nc2ccc(I)cc2)cc1. The molecule has 0 saturated carbocycles. The molecule has 0 bridgehead atoms. The zero-order chi connectivity index (χ0) is 16.8. The number of nitriles is 1. The minimum Gasteiger partial charge on any atom is -0.321 e. The molecule has 2 rings (SSSR count). The summed E-state index contributed by atoms with van der Waals surface area (Å²) in [4.78, 5) is 12.2. The van der Waals surface area contributed by atoms with Crippen molar-refractivity contribution in [1.29, 1.82) is 5.26 Å². The molecule has 0 aliphatic heterocycles. The van der Waals surface area contributed by atoms with E-state index in [2.05, 4.69) is 41.8 Å². The Kier molecular flexibility index (Phi) is 5.94. The van der Waals surface area contributed by atoms with Gasteiger partial charge in [0.25, 0.3) is 5.91 Å². The lowest BCUT2D eigenvalue weighted by atomic mass is 10.0. The summed E-state index contributed by atoms with van der Waals surface area (Å²) >= 11 is 2.20. The highest BCUT2D eigenvalue weighted by atomic mass is 127. The van der Waals surface area contributed by atoms with Crippen LogP contribution in [0.3, 0.4) is 0 Å². The van der Waals surface area contributed by atoms with Crippen molar-refractivity contribution in [1.82, 2.24) is 0 Å². The maximum Gasteiger partial charge on any atom is 0.266 e. The summed E-state index contributed by atoms with van der Waals surface area (Å²) < 4.78 is 1.09. The molecule has 4 heteroatoms. The summed E-state index contributed by atoms with van der Waals surface area (Å²) in [6.07, 6.45) is 1.60. The van der Waals surface area contributed by atoms with Crippen molar-refractivity contribution >= 4 is 40.3 Å². The first kappa shape index (κ1) is 17.2. The van der Waals surface area contributed by atoms with E-state index in [1.807, 2.05) is 54.6 Å². The molecule has 0 saturated heterocycles. The van der Waals surface area contributed by atoms with Crippen LogP contribution in [0.25, 0.3) is 6.08 Å². The van der Waals surface area contributed by atoms with Crippen molar-refractivity contribution in [2.24, 2.45) is 0 Å². The fraction of sp³-hybridized carbons (Fsp3) is 0.158. The number of carbonyl (C=O) groups is 1. The minimum atomic E-state index is -0.401. The zero-order valence-electron chi connectivity index (χ0n) is 13.0. The highest BCUT2D eigenvalue weighted by Gasteiger charge is 2.09. The molecule has 0 aromatic heterocycles. The average Bonchev–Trinajstić information content (AvgIpc) is 2.55. The number of hydrogen-bond acceptors (Lipinski definition) is 2. The zero-order valence-corrected chi connectivity index (χ0v) is 15.2. The molecule has 3 nitrogen and oxygen atoms in total. The van der Waals surface area contributed by atoms with E-state index in [0.29, 0.717) is 11.6 Å². The van der Waals surface area contributed by atoms with Gasteiger partial charge in [-0.15, -0.1) is 0 Å². The summed E-state index contributed by atoms with van der Waals surface area (Å²) in [5.41, 5.74) is 2.82. The molecule has 23 heavy (non-hydrogen) atoms. The van der Waals surface area contributed by atoms with Gasteiger partial charge in [0.1, 0.15) is 11.6 Å². The molecular formula is C19H17IN2O. The largest absolute Gasteiger partial charge is 0.321 e. The third-order valence-electron chi connectivity index (χ3n) is 3.38. The molecule has 116 valence electrons. The minimum absolute atomic E-state index is 0.0841. The van der Waals surface area contributed by atoms with E-state index in [0.717, 1.165) is 9.13 Å². The van der Waals surface area contributed by atoms with Crippen LogP contribution >= 0.6 is 22.6 Å². The second-order valence-corrected chi connectivity index (χ2v) is 6.70. The van der Waals surface area contributed by atoms with Crippen molar-refractivity contribution in [2.75, 3.05) is 5.32 Å². The Morgan fingerprint density at radius 1 is 1.13 bits per heavy atom. The van der Waals surface area contributed by atoms with Crippen LogP contribution in [0.15, 0.2) is 54.1 Å². The van der Waals surface area contributed by atoms with E-state index in [9.17, 15) is 10.1 Å². The van der Waals surface area contributed by atoms with Crippen LogP contribution in [0.1, 0.15) is 30.9 Å². The van der Waals surface area contributed by atoms with Crippen LogP contribution in [0.4, 0.5) is 5.69 Å². The number of benzene rings is 2. The molecule has 1 amide bonds. The van der Waals surface area contributed by atoms with E-state index in [4.69, 9.17) is 0 Å². The molecule has 0 heterocycles. The monoisotopic (exact) mass is 416 g/mol. The van der Waals surface area contributed by atoms with Crippen LogP contribution in [-0.4, -0.2) is 5.91 Å². The molecule has 0 atom stereocenters. The van der Waals surface area contributed by atoms with Crippen LogP contribution in [0.5, 0.6) is 0 Å². The molecule has 0 aliphatic rings. The van der Waals surface area contributed by atoms with Gasteiger partial charge in [-0.05, 0) is 70.0 Å². The Morgan fingerprint density at radius 3 is 2.26 bits per heavy atom. The number of anilines is 1.